The van der Waals surface area contributed by atoms with E-state index in [9.17, 15) is 14.7 Å². The first-order chi connectivity index (χ1) is 8.08. The van der Waals surface area contributed by atoms with E-state index >= 15 is 0 Å². The second kappa shape index (κ2) is 4.17. The van der Waals surface area contributed by atoms with Crippen LogP contribution in [0.1, 0.15) is 10.5 Å². The van der Waals surface area contributed by atoms with E-state index in [1.165, 1.54) is 23.2 Å². The Hall–Kier alpha value is -2.50. The molecule has 0 spiro atoms. The fourth-order valence-corrected chi connectivity index (χ4v) is 1.45. The Labute approximate surface area is 96.5 Å². The van der Waals surface area contributed by atoms with Gasteiger partial charge in [-0.2, -0.15) is 0 Å². The Morgan fingerprint density at radius 3 is 2.76 bits per heavy atom. The molecule has 88 valence electrons. The number of aromatic amines is 2. The molecule has 17 heavy (non-hydrogen) atoms. The van der Waals surface area contributed by atoms with Crippen molar-refractivity contribution >= 4 is 11.6 Å². The topological polar surface area (TPSA) is 89.2 Å². The zero-order chi connectivity index (χ0) is 12.4. The number of phenolic OH excluding ortho intramolecular Hbond substituents is 1. The van der Waals surface area contributed by atoms with E-state index in [0.29, 0.717) is 5.69 Å². The van der Waals surface area contributed by atoms with Gasteiger partial charge in [-0.15, -0.1) is 0 Å². The SMILES string of the molecule is CN(C(=O)c1c[nH]c(=O)[nH]1)c1cccc(O)c1. The molecule has 0 saturated heterocycles. The molecule has 2 rings (SSSR count). The van der Waals surface area contributed by atoms with Gasteiger partial charge in [0.05, 0.1) is 0 Å². The van der Waals surface area contributed by atoms with Crippen molar-refractivity contribution in [2.45, 2.75) is 0 Å². The van der Waals surface area contributed by atoms with E-state index in [-0.39, 0.29) is 17.4 Å². The maximum Gasteiger partial charge on any atom is 0.323 e. The van der Waals surface area contributed by atoms with Crippen molar-refractivity contribution in [3.63, 3.8) is 0 Å². The number of hydrogen-bond acceptors (Lipinski definition) is 3. The van der Waals surface area contributed by atoms with Gasteiger partial charge >= 0.3 is 5.69 Å². The molecule has 0 atom stereocenters. The van der Waals surface area contributed by atoms with Crippen LogP contribution in [0.15, 0.2) is 35.3 Å². The molecule has 1 aromatic heterocycles. The molecule has 0 bridgehead atoms. The summed E-state index contributed by atoms with van der Waals surface area (Å²) in [7, 11) is 1.56. The molecule has 0 fully saturated rings. The third-order valence-corrected chi connectivity index (χ3v) is 2.35. The Kier molecular flexibility index (Phi) is 2.70. The third kappa shape index (κ3) is 2.20. The summed E-state index contributed by atoms with van der Waals surface area (Å²) in [6, 6.07) is 6.29. The molecule has 0 radical (unpaired) electrons. The van der Waals surface area contributed by atoms with Gasteiger partial charge in [0.25, 0.3) is 5.91 Å². The van der Waals surface area contributed by atoms with E-state index in [1.807, 2.05) is 0 Å². The number of aromatic nitrogens is 2. The van der Waals surface area contributed by atoms with Gasteiger partial charge in [-0.05, 0) is 12.1 Å². The van der Waals surface area contributed by atoms with Crippen LogP contribution in [0, 0.1) is 0 Å². The third-order valence-electron chi connectivity index (χ3n) is 2.35. The van der Waals surface area contributed by atoms with Gasteiger partial charge in [0.15, 0.2) is 0 Å². The fraction of sp³-hybridized carbons (Fsp3) is 0.0909. The molecule has 0 unspecified atom stereocenters. The van der Waals surface area contributed by atoms with Crippen molar-refractivity contribution in [3.05, 3.63) is 46.6 Å². The molecular formula is C11H11N3O3. The van der Waals surface area contributed by atoms with Gasteiger partial charge in [0.2, 0.25) is 0 Å². The quantitative estimate of drug-likeness (QED) is 0.712. The first-order valence-electron chi connectivity index (χ1n) is 4.92. The van der Waals surface area contributed by atoms with Crippen LogP contribution in [-0.2, 0) is 0 Å². The van der Waals surface area contributed by atoms with Crippen LogP contribution in [0.4, 0.5) is 5.69 Å². The molecular weight excluding hydrogens is 222 g/mol. The fourth-order valence-electron chi connectivity index (χ4n) is 1.45. The van der Waals surface area contributed by atoms with Crippen molar-refractivity contribution < 1.29 is 9.90 Å². The highest BCUT2D eigenvalue weighted by Gasteiger charge is 2.15. The minimum absolute atomic E-state index is 0.0738. The molecule has 1 amide bonds. The van der Waals surface area contributed by atoms with Crippen molar-refractivity contribution in [2.75, 3.05) is 11.9 Å². The average Bonchev–Trinajstić information content (AvgIpc) is 2.74. The molecule has 1 heterocycles. The number of benzene rings is 1. The minimum atomic E-state index is -0.433. The monoisotopic (exact) mass is 233 g/mol. The molecule has 0 aliphatic heterocycles. The molecule has 0 aliphatic rings. The number of amides is 1. The largest absolute Gasteiger partial charge is 0.508 e. The Morgan fingerprint density at radius 2 is 2.18 bits per heavy atom. The van der Waals surface area contributed by atoms with Gasteiger partial charge in [0, 0.05) is 25.0 Å². The Balaban J connectivity index is 2.29. The maximum atomic E-state index is 11.9. The smallest absolute Gasteiger partial charge is 0.323 e. The number of nitrogens with one attached hydrogen (secondary N) is 2. The van der Waals surface area contributed by atoms with Crippen LogP contribution in [0.2, 0.25) is 0 Å². The van der Waals surface area contributed by atoms with Crippen molar-refractivity contribution in [2.24, 2.45) is 0 Å². The summed E-state index contributed by atoms with van der Waals surface area (Å²) in [5.74, 6) is -0.293. The van der Waals surface area contributed by atoms with Crippen molar-refractivity contribution in [1.29, 1.82) is 0 Å². The summed E-state index contributed by atoms with van der Waals surface area (Å²) in [5, 5.41) is 9.32. The molecule has 2 aromatic rings. The number of anilines is 1. The number of phenols is 1. The molecule has 0 aliphatic carbocycles. The molecule has 0 saturated carbocycles. The lowest BCUT2D eigenvalue weighted by atomic mass is 10.2. The predicted octanol–water partition coefficient (Wildman–Crippen LogP) is 0.685. The summed E-state index contributed by atoms with van der Waals surface area (Å²) in [5.41, 5.74) is 0.274. The second-order valence-electron chi connectivity index (χ2n) is 3.54. The summed E-state index contributed by atoms with van der Waals surface area (Å²) < 4.78 is 0. The molecule has 6 heteroatoms. The van der Waals surface area contributed by atoms with Crippen LogP contribution >= 0.6 is 0 Å². The van der Waals surface area contributed by atoms with E-state index in [1.54, 1.807) is 19.2 Å². The number of H-pyrrole nitrogens is 2. The van der Waals surface area contributed by atoms with Gasteiger partial charge in [-0.3, -0.25) is 4.79 Å². The number of hydrogen-bond donors (Lipinski definition) is 3. The average molecular weight is 233 g/mol. The highest BCUT2D eigenvalue weighted by atomic mass is 16.3. The minimum Gasteiger partial charge on any atom is -0.508 e. The normalized spacial score (nSPS) is 10.2. The number of imidazole rings is 1. The Bertz CT molecular complexity index is 600. The lowest BCUT2D eigenvalue weighted by Crippen LogP contribution is -2.26. The van der Waals surface area contributed by atoms with Gasteiger partial charge in [-0.1, -0.05) is 6.07 Å². The van der Waals surface area contributed by atoms with Crippen LogP contribution in [-0.4, -0.2) is 28.0 Å². The highest BCUT2D eigenvalue weighted by molar-refractivity contribution is 6.04. The summed E-state index contributed by atoms with van der Waals surface area (Å²) >= 11 is 0. The summed E-state index contributed by atoms with van der Waals surface area (Å²) in [6.07, 6.45) is 1.31. The van der Waals surface area contributed by atoms with E-state index in [0.717, 1.165) is 0 Å². The van der Waals surface area contributed by atoms with Gasteiger partial charge in [-0.25, -0.2) is 4.79 Å². The Morgan fingerprint density at radius 1 is 1.41 bits per heavy atom. The molecule has 3 N–H and O–H groups in total. The number of aromatic hydroxyl groups is 1. The van der Waals surface area contributed by atoms with Crippen LogP contribution in [0.5, 0.6) is 5.75 Å². The van der Waals surface area contributed by atoms with E-state index in [4.69, 9.17) is 0 Å². The van der Waals surface area contributed by atoms with E-state index in [2.05, 4.69) is 9.97 Å². The van der Waals surface area contributed by atoms with Crippen LogP contribution in [0.25, 0.3) is 0 Å². The summed E-state index contributed by atoms with van der Waals surface area (Å²) in [4.78, 5) is 28.9. The lowest BCUT2D eigenvalue weighted by molar-refractivity contribution is 0.0988. The number of carbonyl (C=O) groups is 1. The number of carbonyl (C=O) groups excluding carboxylic acids is 1. The van der Waals surface area contributed by atoms with Gasteiger partial charge in [0.1, 0.15) is 11.4 Å². The maximum absolute atomic E-state index is 11.9. The lowest BCUT2D eigenvalue weighted by Gasteiger charge is -2.16. The number of rotatable bonds is 2. The summed E-state index contributed by atoms with van der Waals surface area (Å²) in [6.45, 7) is 0. The van der Waals surface area contributed by atoms with Crippen LogP contribution < -0.4 is 10.6 Å². The standard InChI is InChI=1S/C11H11N3O3/c1-14(7-3-2-4-8(15)5-7)10(16)9-6-12-11(17)13-9/h2-6,15H,1H3,(H2,12,13,17). The highest BCUT2D eigenvalue weighted by Crippen LogP contribution is 2.19. The van der Waals surface area contributed by atoms with Gasteiger partial charge < -0.3 is 20.0 Å². The molecule has 6 nitrogen and oxygen atoms in total. The predicted molar refractivity (Wildman–Crippen MR) is 62.3 cm³/mol. The first-order valence-corrected chi connectivity index (χ1v) is 4.92. The first kappa shape index (κ1) is 11.0. The zero-order valence-corrected chi connectivity index (χ0v) is 9.10. The van der Waals surface area contributed by atoms with Crippen LogP contribution in [0.3, 0.4) is 0 Å². The van der Waals surface area contributed by atoms with Crippen molar-refractivity contribution in [1.82, 2.24) is 9.97 Å². The van der Waals surface area contributed by atoms with E-state index < -0.39 is 5.69 Å². The van der Waals surface area contributed by atoms with Crippen molar-refractivity contribution in [3.8, 4) is 5.75 Å². The number of nitrogens with zero attached hydrogens (tertiary/aromatic N) is 1. The molecule has 1 aromatic carbocycles. The second-order valence-corrected chi connectivity index (χ2v) is 3.54. The zero-order valence-electron chi connectivity index (χ0n) is 9.10.